The molecule has 0 saturated carbocycles. The molecule has 3 nitrogen and oxygen atoms in total. The maximum absolute atomic E-state index is 13.3. The highest BCUT2D eigenvalue weighted by atomic mass is 32.1. The van der Waals surface area contributed by atoms with Crippen molar-refractivity contribution in [3.63, 3.8) is 0 Å². The van der Waals surface area contributed by atoms with Gasteiger partial charge in [0.2, 0.25) is 0 Å². The van der Waals surface area contributed by atoms with Crippen molar-refractivity contribution in [2.24, 2.45) is 5.73 Å². The van der Waals surface area contributed by atoms with Gasteiger partial charge in [0.15, 0.2) is 5.13 Å². The Balaban J connectivity index is 2.00. The van der Waals surface area contributed by atoms with Crippen molar-refractivity contribution in [2.75, 3.05) is 11.4 Å². The molecule has 3 rings (SSSR count). The van der Waals surface area contributed by atoms with Crippen molar-refractivity contribution < 1.29 is 4.39 Å². The Morgan fingerprint density at radius 2 is 2.35 bits per heavy atom. The van der Waals surface area contributed by atoms with E-state index in [4.69, 9.17) is 5.73 Å². The average molecular weight is 249 g/mol. The van der Waals surface area contributed by atoms with Crippen LogP contribution in [-0.4, -0.2) is 11.5 Å². The SMILES string of the molecule is NCc1cnc(N2CCc3ccc(F)cc32)s1. The molecule has 1 aromatic heterocycles. The number of halogens is 1. The molecule has 1 aliphatic rings. The lowest BCUT2D eigenvalue weighted by Gasteiger charge is -2.15. The van der Waals surface area contributed by atoms with E-state index in [2.05, 4.69) is 9.88 Å². The molecule has 0 bridgehead atoms. The van der Waals surface area contributed by atoms with Gasteiger partial charge in [0.05, 0.1) is 0 Å². The number of thiazole rings is 1. The summed E-state index contributed by atoms with van der Waals surface area (Å²) in [6, 6.07) is 4.93. The van der Waals surface area contributed by atoms with E-state index in [0.29, 0.717) is 6.54 Å². The quantitative estimate of drug-likeness (QED) is 0.889. The lowest BCUT2D eigenvalue weighted by atomic mass is 10.2. The van der Waals surface area contributed by atoms with Gasteiger partial charge in [-0.1, -0.05) is 6.07 Å². The van der Waals surface area contributed by atoms with Gasteiger partial charge in [-0.05, 0) is 24.1 Å². The van der Waals surface area contributed by atoms with Crippen LogP contribution in [0.3, 0.4) is 0 Å². The zero-order valence-electron chi connectivity index (χ0n) is 9.19. The molecule has 0 atom stereocenters. The van der Waals surface area contributed by atoms with Crippen molar-refractivity contribution in [1.29, 1.82) is 0 Å². The van der Waals surface area contributed by atoms with Gasteiger partial charge in [0, 0.05) is 29.9 Å². The van der Waals surface area contributed by atoms with Crippen LogP contribution >= 0.6 is 11.3 Å². The number of hydrogen-bond donors (Lipinski definition) is 1. The highest BCUT2D eigenvalue weighted by Crippen LogP contribution is 2.36. The first-order valence-corrected chi connectivity index (χ1v) is 6.30. The third-order valence-corrected chi connectivity index (χ3v) is 3.96. The molecule has 1 aromatic carbocycles. The summed E-state index contributed by atoms with van der Waals surface area (Å²) < 4.78 is 13.3. The standard InChI is InChI=1S/C12H12FN3S/c13-9-2-1-8-3-4-16(11(8)5-9)12-15-7-10(6-14)17-12/h1-2,5,7H,3-4,6,14H2. The number of nitrogens with two attached hydrogens (primary N) is 1. The molecule has 88 valence electrons. The van der Waals surface area contributed by atoms with E-state index in [1.54, 1.807) is 23.6 Å². The summed E-state index contributed by atoms with van der Waals surface area (Å²) in [5.41, 5.74) is 7.68. The Labute approximate surface area is 103 Å². The molecule has 0 spiro atoms. The summed E-state index contributed by atoms with van der Waals surface area (Å²) in [7, 11) is 0. The average Bonchev–Trinajstić information content (AvgIpc) is 2.93. The minimum atomic E-state index is -0.203. The van der Waals surface area contributed by atoms with Crippen LogP contribution in [0.15, 0.2) is 24.4 Å². The minimum Gasteiger partial charge on any atom is -0.326 e. The van der Waals surface area contributed by atoms with E-state index < -0.39 is 0 Å². The molecule has 17 heavy (non-hydrogen) atoms. The van der Waals surface area contributed by atoms with Crippen molar-refractivity contribution in [2.45, 2.75) is 13.0 Å². The highest BCUT2D eigenvalue weighted by molar-refractivity contribution is 7.15. The number of aromatic nitrogens is 1. The Morgan fingerprint density at radius 1 is 1.47 bits per heavy atom. The summed E-state index contributed by atoms with van der Waals surface area (Å²) in [6.07, 6.45) is 2.73. The monoisotopic (exact) mass is 249 g/mol. The summed E-state index contributed by atoms with van der Waals surface area (Å²) in [5.74, 6) is -0.203. The predicted octanol–water partition coefficient (Wildman–Crippen LogP) is 2.44. The first-order chi connectivity index (χ1) is 8.28. The van der Waals surface area contributed by atoms with E-state index in [0.717, 1.165) is 28.7 Å². The van der Waals surface area contributed by atoms with E-state index >= 15 is 0 Å². The summed E-state index contributed by atoms with van der Waals surface area (Å²) >= 11 is 1.57. The van der Waals surface area contributed by atoms with E-state index in [-0.39, 0.29) is 5.82 Å². The molecule has 0 amide bonds. The number of rotatable bonds is 2. The van der Waals surface area contributed by atoms with Gasteiger partial charge >= 0.3 is 0 Å². The van der Waals surface area contributed by atoms with Crippen molar-refractivity contribution >= 4 is 22.2 Å². The fraction of sp³-hybridized carbons (Fsp3) is 0.250. The molecule has 2 N–H and O–H groups in total. The van der Waals surface area contributed by atoms with E-state index in [1.807, 2.05) is 6.07 Å². The Kier molecular flexibility index (Phi) is 2.57. The van der Waals surface area contributed by atoms with Gasteiger partial charge in [-0.2, -0.15) is 0 Å². The topological polar surface area (TPSA) is 42.1 Å². The second kappa shape index (κ2) is 4.09. The number of fused-ring (bicyclic) bond motifs is 1. The lowest BCUT2D eigenvalue weighted by molar-refractivity contribution is 0.628. The number of hydrogen-bond acceptors (Lipinski definition) is 4. The van der Waals surface area contributed by atoms with Crippen LogP contribution in [0.4, 0.5) is 15.2 Å². The first-order valence-electron chi connectivity index (χ1n) is 5.48. The molecule has 0 aliphatic carbocycles. The molecule has 0 unspecified atom stereocenters. The van der Waals surface area contributed by atoms with Crippen LogP contribution in [0, 0.1) is 5.82 Å². The van der Waals surface area contributed by atoms with Gasteiger partial charge in [-0.25, -0.2) is 9.37 Å². The second-order valence-electron chi connectivity index (χ2n) is 3.99. The molecular weight excluding hydrogens is 237 g/mol. The molecule has 0 saturated heterocycles. The molecule has 0 fully saturated rings. The third-order valence-electron chi connectivity index (χ3n) is 2.92. The largest absolute Gasteiger partial charge is 0.326 e. The van der Waals surface area contributed by atoms with Gasteiger partial charge in [-0.3, -0.25) is 0 Å². The third kappa shape index (κ3) is 1.81. The van der Waals surface area contributed by atoms with Gasteiger partial charge in [-0.15, -0.1) is 11.3 Å². The lowest BCUT2D eigenvalue weighted by Crippen LogP contribution is -2.12. The smallest absolute Gasteiger partial charge is 0.190 e. The van der Waals surface area contributed by atoms with Crippen LogP contribution in [-0.2, 0) is 13.0 Å². The maximum Gasteiger partial charge on any atom is 0.190 e. The molecular formula is C12H12FN3S. The maximum atomic E-state index is 13.3. The van der Waals surface area contributed by atoms with Crippen LogP contribution in [0.25, 0.3) is 0 Å². The fourth-order valence-electron chi connectivity index (χ4n) is 2.07. The van der Waals surface area contributed by atoms with Crippen LogP contribution in [0.1, 0.15) is 10.4 Å². The second-order valence-corrected chi connectivity index (χ2v) is 5.08. The Morgan fingerprint density at radius 3 is 3.12 bits per heavy atom. The van der Waals surface area contributed by atoms with Gasteiger partial charge in [0.25, 0.3) is 0 Å². The molecule has 2 heterocycles. The fourth-order valence-corrected chi connectivity index (χ4v) is 2.90. The highest BCUT2D eigenvalue weighted by Gasteiger charge is 2.22. The van der Waals surface area contributed by atoms with Crippen LogP contribution in [0.2, 0.25) is 0 Å². The first kappa shape index (κ1) is 10.7. The zero-order chi connectivity index (χ0) is 11.8. The van der Waals surface area contributed by atoms with E-state index in [9.17, 15) is 4.39 Å². The molecule has 2 aromatic rings. The van der Waals surface area contributed by atoms with Crippen LogP contribution in [0.5, 0.6) is 0 Å². The Bertz CT molecular complexity index is 552. The van der Waals surface area contributed by atoms with Gasteiger partial charge < -0.3 is 10.6 Å². The van der Waals surface area contributed by atoms with E-state index in [1.165, 1.54) is 11.6 Å². The van der Waals surface area contributed by atoms with Crippen molar-refractivity contribution in [3.05, 3.63) is 40.7 Å². The number of benzene rings is 1. The van der Waals surface area contributed by atoms with Gasteiger partial charge in [0.1, 0.15) is 5.82 Å². The summed E-state index contributed by atoms with van der Waals surface area (Å²) in [5, 5.41) is 0.898. The number of anilines is 2. The summed E-state index contributed by atoms with van der Waals surface area (Å²) in [4.78, 5) is 7.44. The minimum absolute atomic E-state index is 0.203. The molecule has 1 aliphatic heterocycles. The Hall–Kier alpha value is -1.46. The number of nitrogens with zero attached hydrogens (tertiary/aromatic N) is 2. The van der Waals surface area contributed by atoms with Crippen LogP contribution < -0.4 is 10.6 Å². The van der Waals surface area contributed by atoms with Crippen molar-refractivity contribution in [1.82, 2.24) is 4.98 Å². The predicted molar refractivity (Wildman–Crippen MR) is 67.1 cm³/mol. The zero-order valence-corrected chi connectivity index (χ0v) is 10.0. The van der Waals surface area contributed by atoms with Crippen molar-refractivity contribution in [3.8, 4) is 0 Å². The molecule has 0 radical (unpaired) electrons. The normalized spacial score (nSPS) is 14.1. The molecule has 5 heteroatoms. The summed E-state index contributed by atoms with van der Waals surface area (Å²) in [6.45, 7) is 1.36.